The Kier molecular flexibility index (Phi) is 3.57. The molecule has 1 aromatic carbocycles. The Labute approximate surface area is 124 Å². The Bertz CT molecular complexity index is 572. The van der Waals surface area contributed by atoms with Gasteiger partial charge in [0.2, 0.25) is 11.8 Å². The van der Waals surface area contributed by atoms with Crippen LogP contribution in [0.3, 0.4) is 0 Å². The number of hydrogen-bond donors (Lipinski definition) is 1. The number of piperazine rings is 1. The summed E-state index contributed by atoms with van der Waals surface area (Å²) in [5.74, 6) is 0.956. The third-order valence-corrected chi connectivity index (χ3v) is 4.29. The molecule has 2 amide bonds. The Hall–Kier alpha value is -2.04. The van der Waals surface area contributed by atoms with Crippen LogP contribution in [0.1, 0.15) is 31.7 Å². The molecule has 0 spiro atoms. The van der Waals surface area contributed by atoms with E-state index in [4.69, 9.17) is 4.74 Å². The highest BCUT2D eigenvalue weighted by Gasteiger charge is 2.39. The highest BCUT2D eigenvalue weighted by atomic mass is 16.5. The number of fused-ring (bicyclic) bond motifs is 1. The molecule has 2 aliphatic rings. The molecule has 21 heavy (non-hydrogen) atoms. The van der Waals surface area contributed by atoms with Gasteiger partial charge in [0.15, 0.2) is 0 Å². The first kappa shape index (κ1) is 13.9. The summed E-state index contributed by atoms with van der Waals surface area (Å²) in [6, 6.07) is 7.08. The van der Waals surface area contributed by atoms with Crippen LogP contribution < -0.4 is 10.1 Å². The average Bonchev–Trinajstić information content (AvgIpc) is 2.88. The first-order valence-electron chi connectivity index (χ1n) is 7.44. The molecule has 1 N–H and O–H groups in total. The van der Waals surface area contributed by atoms with Crippen LogP contribution in [0.15, 0.2) is 24.3 Å². The number of carbonyl (C=O) groups is 2. The number of rotatable bonds is 3. The predicted molar refractivity (Wildman–Crippen MR) is 78.1 cm³/mol. The van der Waals surface area contributed by atoms with Crippen molar-refractivity contribution in [3.8, 4) is 5.75 Å². The van der Waals surface area contributed by atoms with Crippen molar-refractivity contribution in [1.29, 1.82) is 0 Å². The summed E-state index contributed by atoms with van der Waals surface area (Å²) in [5, 5.41) is 2.74. The lowest BCUT2D eigenvalue weighted by molar-refractivity contribution is -0.149. The number of para-hydroxylation sites is 1. The fraction of sp³-hybridized carbons (Fsp3) is 0.500. The molecule has 0 radical (unpaired) electrons. The van der Waals surface area contributed by atoms with Gasteiger partial charge in [0.1, 0.15) is 17.8 Å². The molecule has 3 rings (SSSR count). The Balaban J connectivity index is 1.82. The molecular weight excluding hydrogens is 268 g/mol. The van der Waals surface area contributed by atoms with E-state index in [2.05, 4.69) is 5.32 Å². The molecule has 2 heterocycles. The SMILES string of the molecule is CCC1C(=O)NC(C)C(=O)N1CC1COc2ccccc21. The average molecular weight is 288 g/mol. The van der Waals surface area contributed by atoms with Crippen molar-refractivity contribution in [2.75, 3.05) is 13.2 Å². The highest BCUT2D eigenvalue weighted by Crippen LogP contribution is 2.34. The number of nitrogens with zero attached hydrogens (tertiary/aromatic N) is 1. The second-order valence-corrected chi connectivity index (χ2v) is 5.69. The molecular formula is C16H20N2O3. The van der Waals surface area contributed by atoms with Gasteiger partial charge in [-0.3, -0.25) is 9.59 Å². The zero-order chi connectivity index (χ0) is 15.0. The molecule has 0 bridgehead atoms. The van der Waals surface area contributed by atoms with Crippen LogP contribution in [0.5, 0.6) is 5.75 Å². The standard InChI is InChI=1S/C16H20N2O3/c1-3-13-15(19)17-10(2)16(20)18(13)8-11-9-21-14-7-5-4-6-12(11)14/h4-7,10-11,13H,3,8-9H2,1-2H3,(H,17,19). The second-order valence-electron chi connectivity index (χ2n) is 5.69. The quantitative estimate of drug-likeness (QED) is 0.911. The maximum Gasteiger partial charge on any atom is 0.245 e. The summed E-state index contributed by atoms with van der Waals surface area (Å²) in [5.41, 5.74) is 1.12. The van der Waals surface area contributed by atoms with E-state index < -0.39 is 6.04 Å². The maximum atomic E-state index is 12.4. The normalized spacial score (nSPS) is 28.1. The van der Waals surface area contributed by atoms with Crippen molar-refractivity contribution < 1.29 is 14.3 Å². The van der Waals surface area contributed by atoms with Crippen molar-refractivity contribution in [1.82, 2.24) is 10.2 Å². The van der Waals surface area contributed by atoms with Gasteiger partial charge in [-0.15, -0.1) is 0 Å². The van der Waals surface area contributed by atoms with Crippen LogP contribution in [0.4, 0.5) is 0 Å². The van der Waals surface area contributed by atoms with Gasteiger partial charge in [-0.05, 0) is 19.4 Å². The minimum Gasteiger partial charge on any atom is -0.493 e. The lowest BCUT2D eigenvalue weighted by Gasteiger charge is -2.38. The molecule has 5 nitrogen and oxygen atoms in total. The molecule has 3 unspecified atom stereocenters. The van der Waals surface area contributed by atoms with E-state index in [9.17, 15) is 9.59 Å². The van der Waals surface area contributed by atoms with Gasteiger partial charge < -0.3 is 15.0 Å². The zero-order valence-corrected chi connectivity index (χ0v) is 12.3. The molecule has 3 atom stereocenters. The molecule has 1 fully saturated rings. The maximum absolute atomic E-state index is 12.4. The lowest BCUT2D eigenvalue weighted by Crippen LogP contribution is -2.62. The number of hydrogen-bond acceptors (Lipinski definition) is 3. The van der Waals surface area contributed by atoms with Crippen LogP contribution >= 0.6 is 0 Å². The summed E-state index contributed by atoms with van der Waals surface area (Å²) < 4.78 is 5.67. The molecule has 0 aliphatic carbocycles. The number of ether oxygens (including phenoxy) is 1. The van der Waals surface area contributed by atoms with Gasteiger partial charge in [0, 0.05) is 18.0 Å². The predicted octanol–water partition coefficient (Wildman–Crippen LogP) is 1.29. The largest absolute Gasteiger partial charge is 0.493 e. The highest BCUT2D eigenvalue weighted by molar-refractivity contribution is 5.96. The van der Waals surface area contributed by atoms with Gasteiger partial charge in [0.25, 0.3) is 0 Å². The van der Waals surface area contributed by atoms with Crippen LogP contribution in [0.2, 0.25) is 0 Å². The molecule has 2 aliphatic heterocycles. The summed E-state index contributed by atoms with van der Waals surface area (Å²) >= 11 is 0. The van der Waals surface area contributed by atoms with E-state index in [1.54, 1.807) is 11.8 Å². The summed E-state index contributed by atoms with van der Waals surface area (Å²) in [6.45, 7) is 4.76. The number of nitrogens with one attached hydrogen (secondary N) is 1. The van der Waals surface area contributed by atoms with E-state index in [1.165, 1.54) is 0 Å². The van der Waals surface area contributed by atoms with Crippen LogP contribution in [0.25, 0.3) is 0 Å². The number of benzene rings is 1. The molecule has 1 saturated heterocycles. The Morgan fingerprint density at radius 3 is 2.86 bits per heavy atom. The van der Waals surface area contributed by atoms with Gasteiger partial charge in [-0.2, -0.15) is 0 Å². The molecule has 112 valence electrons. The van der Waals surface area contributed by atoms with Crippen molar-refractivity contribution >= 4 is 11.8 Å². The Morgan fingerprint density at radius 1 is 1.33 bits per heavy atom. The van der Waals surface area contributed by atoms with Gasteiger partial charge in [-0.25, -0.2) is 0 Å². The third-order valence-electron chi connectivity index (χ3n) is 4.29. The zero-order valence-electron chi connectivity index (χ0n) is 12.3. The van der Waals surface area contributed by atoms with Gasteiger partial charge >= 0.3 is 0 Å². The van der Waals surface area contributed by atoms with E-state index >= 15 is 0 Å². The molecule has 0 aromatic heterocycles. The third kappa shape index (κ3) is 2.37. The van der Waals surface area contributed by atoms with E-state index in [0.717, 1.165) is 11.3 Å². The van der Waals surface area contributed by atoms with E-state index in [0.29, 0.717) is 19.6 Å². The topological polar surface area (TPSA) is 58.6 Å². The van der Waals surface area contributed by atoms with Crippen molar-refractivity contribution in [2.24, 2.45) is 0 Å². The minimum absolute atomic E-state index is 0.00849. The van der Waals surface area contributed by atoms with Crippen molar-refractivity contribution in [3.05, 3.63) is 29.8 Å². The molecule has 0 saturated carbocycles. The fourth-order valence-corrected chi connectivity index (χ4v) is 3.16. The summed E-state index contributed by atoms with van der Waals surface area (Å²) in [7, 11) is 0. The fourth-order valence-electron chi connectivity index (χ4n) is 3.16. The molecule has 1 aromatic rings. The van der Waals surface area contributed by atoms with Gasteiger partial charge in [0.05, 0.1) is 6.61 Å². The Morgan fingerprint density at radius 2 is 2.10 bits per heavy atom. The minimum atomic E-state index is -0.446. The summed E-state index contributed by atoms with van der Waals surface area (Å²) in [6.07, 6.45) is 0.625. The van der Waals surface area contributed by atoms with E-state index in [-0.39, 0.29) is 23.8 Å². The smallest absolute Gasteiger partial charge is 0.245 e. The first-order chi connectivity index (χ1) is 10.1. The van der Waals surface area contributed by atoms with Crippen molar-refractivity contribution in [2.45, 2.75) is 38.3 Å². The van der Waals surface area contributed by atoms with Crippen LogP contribution in [0, 0.1) is 0 Å². The molecule has 5 heteroatoms. The van der Waals surface area contributed by atoms with E-state index in [1.807, 2.05) is 31.2 Å². The number of amides is 2. The lowest BCUT2D eigenvalue weighted by atomic mass is 9.97. The van der Waals surface area contributed by atoms with Crippen LogP contribution in [-0.4, -0.2) is 41.9 Å². The summed E-state index contributed by atoms with van der Waals surface area (Å²) in [4.78, 5) is 26.2. The monoisotopic (exact) mass is 288 g/mol. The van der Waals surface area contributed by atoms with Crippen LogP contribution in [-0.2, 0) is 9.59 Å². The second kappa shape index (κ2) is 5.39. The van der Waals surface area contributed by atoms with Gasteiger partial charge in [-0.1, -0.05) is 25.1 Å². The first-order valence-corrected chi connectivity index (χ1v) is 7.44. The number of carbonyl (C=O) groups excluding carboxylic acids is 2. The van der Waals surface area contributed by atoms with Crippen molar-refractivity contribution in [3.63, 3.8) is 0 Å².